The molecular weight excluding hydrogens is 534 g/mol. The van der Waals surface area contributed by atoms with Gasteiger partial charge in [-0.1, -0.05) is 19.1 Å². The summed E-state index contributed by atoms with van der Waals surface area (Å²) in [6.45, 7) is 15.0. The number of aryl methyl sites for hydroxylation is 1. The number of aliphatic hydroxyl groups excluding tert-OH is 1. The molecule has 1 aliphatic rings. The lowest BCUT2D eigenvalue weighted by molar-refractivity contribution is 0.0113. The van der Waals surface area contributed by atoms with Crippen LogP contribution in [0.4, 0.5) is 10.6 Å². The molecule has 1 amide bonds. The molecule has 2 heterocycles. The molecule has 1 aliphatic heterocycles. The molecule has 1 aromatic carbocycles. The van der Waals surface area contributed by atoms with E-state index in [2.05, 4.69) is 36.7 Å². The maximum Gasteiger partial charge on any atom is 0.410 e. The summed E-state index contributed by atoms with van der Waals surface area (Å²) in [7, 11) is 0. The van der Waals surface area contributed by atoms with Crippen molar-refractivity contribution in [3.8, 4) is 5.75 Å². The highest BCUT2D eigenvalue weighted by Crippen LogP contribution is 2.30. The Balaban J connectivity index is 1.68. The number of fused-ring (bicyclic) bond motifs is 1. The molecule has 2 aromatic rings. The van der Waals surface area contributed by atoms with Crippen molar-refractivity contribution in [3.63, 3.8) is 0 Å². The summed E-state index contributed by atoms with van der Waals surface area (Å²) < 4.78 is 17.0. The first-order chi connectivity index (χ1) is 19.9. The van der Waals surface area contributed by atoms with Crippen molar-refractivity contribution in [2.75, 3.05) is 31.1 Å². The molecule has 42 heavy (non-hydrogen) atoms. The van der Waals surface area contributed by atoms with Gasteiger partial charge in [0.15, 0.2) is 0 Å². The molecule has 2 unspecified atom stereocenters. The van der Waals surface area contributed by atoms with E-state index in [0.29, 0.717) is 30.7 Å². The van der Waals surface area contributed by atoms with Crippen molar-refractivity contribution >= 4 is 17.9 Å². The number of rotatable bonds is 12. The van der Waals surface area contributed by atoms with Crippen LogP contribution >= 0.6 is 0 Å². The number of esters is 1. The van der Waals surface area contributed by atoms with Crippen LogP contribution in [0, 0.1) is 0 Å². The molecule has 3 rings (SSSR count). The lowest BCUT2D eigenvalue weighted by Crippen LogP contribution is -2.41. The zero-order valence-corrected chi connectivity index (χ0v) is 26.2. The molecule has 9 heteroatoms. The zero-order chi connectivity index (χ0) is 30.9. The third kappa shape index (κ3) is 9.21. The Morgan fingerprint density at radius 1 is 1.19 bits per heavy atom. The van der Waals surface area contributed by atoms with Gasteiger partial charge in [-0.2, -0.15) is 0 Å². The van der Waals surface area contributed by atoms with Crippen molar-refractivity contribution < 1.29 is 28.9 Å². The Kier molecular flexibility index (Phi) is 11.8. The van der Waals surface area contributed by atoms with Crippen molar-refractivity contribution in [1.82, 2.24) is 9.88 Å². The summed E-state index contributed by atoms with van der Waals surface area (Å²) in [5, 5.41) is 11.1. The van der Waals surface area contributed by atoms with Gasteiger partial charge < -0.3 is 29.1 Å². The predicted octanol–water partition coefficient (Wildman–Crippen LogP) is 6.45. The Bertz CT molecular complexity index is 1220. The smallest absolute Gasteiger partial charge is 0.410 e. The van der Waals surface area contributed by atoms with E-state index >= 15 is 0 Å². The second kappa shape index (κ2) is 15.0. The molecule has 0 saturated carbocycles. The molecule has 0 aliphatic carbocycles. The Morgan fingerprint density at radius 2 is 1.95 bits per heavy atom. The molecule has 9 nitrogen and oxygen atoms in total. The van der Waals surface area contributed by atoms with Crippen LogP contribution in [-0.4, -0.2) is 65.0 Å². The van der Waals surface area contributed by atoms with E-state index in [-0.39, 0.29) is 18.6 Å². The van der Waals surface area contributed by atoms with E-state index in [0.717, 1.165) is 48.6 Å². The number of carbonyl (C=O) groups excluding carboxylic acids is 2. The fraction of sp³-hybridized carbons (Fsp3) is 0.545. The average Bonchev–Trinajstić information content (AvgIpc) is 2.94. The number of allylic oxidation sites excluding steroid dienone is 2. The van der Waals surface area contributed by atoms with Crippen LogP contribution in [0.25, 0.3) is 0 Å². The number of aliphatic hydroxyl groups is 1. The fourth-order valence-corrected chi connectivity index (χ4v) is 4.94. The molecule has 230 valence electrons. The Morgan fingerprint density at radius 3 is 2.57 bits per heavy atom. The van der Waals surface area contributed by atoms with Gasteiger partial charge in [0, 0.05) is 37.0 Å². The lowest BCUT2D eigenvalue weighted by atomic mass is 9.98. The van der Waals surface area contributed by atoms with Crippen LogP contribution in [0.3, 0.4) is 0 Å². The van der Waals surface area contributed by atoms with Crippen molar-refractivity contribution in [3.05, 3.63) is 65.0 Å². The minimum Gasteiger partial charge on any atom is -0.490 e. The van der Waals surface area contributed by atoms with E-state index < -0.39 is 17.8 Å². The number of aromatic nitrogens is 1. The van der Waals surface area contributed by atoms with Crippen LogP contribution in [0.2, 0.25) is 0 Å². The first-order valence-electron chi connectivity index (χ1n) is 15.0. The number of nitrogens with zero attached hydrogens (tertiary/aromatic N) is 3. The minimum atomic E-state index is -0.935. The van der Waals surface area contributed by atoms with Gasteiger partial charge in [0.2, 0.25) is 0 Å². The highest BCUT2D eigenvalue weighted by molar-refractivity contribution is 5.89. The molecule has 0 radical (unpaired) electrons. The second-order valence-corrected chi connectivity index (χ2v) is 11.5. The Labute approximate surface area is 250 Å². The quantitative estimate of drug-likeness (QED) is 0.285. The van der Waals surface area contributed by atoms with Gasteiger partial charge in [-0.15, -0.1) is 0 Å². The molecule has 0 spiro atoms. The summed E-state index contributed by atoms with van der Waals surface area (Å²) in [5.41, 5.74) is 2.56. The van der Waals surface area contributed by atoms with Crippen LogP contribution in [0.15, 0.2) is 48.3 Å². The summed E-state index contributed by atoms with van der Waals surface area (Å²) in [4.78, 5) is 33.5. The van der Waals surface area contributed by atoms with Gasteiger partial charge in [0.25, 0.3) is 0 Å². The largest absolute Gasteiger partial charge is 0.490 e. The molecule has 0 saturated heterocycles. The third-order valence-electron chi connectivity index (χ3n) is 7.04. The molecular formula is C33H47N3O6. The summed E-state index contributed by atoms with van der Waals surface area (Å²) in [5.74, 6) is 1.20. The molecule has 2 atom stereocenters. The van der Waals surface area contributed by atoms with Gasteiger partial charge in [0.05, 0.1) is 24.8 Å². The van der Waals surface area contributed by atoms with E-state index in [1.54, 1.807) is 30.2 Å². The minimum absolute atomic E-state index is 0.0639. The molecule has 0 bridgehead atoms. The number of anilines is 1. The highest BCUT2D eigenvalue weighted by atomic mass is 16.6. The number of amides is 1. The van der Waals surface area contributed by atoms with E-state index in [4.69, 9.17) is 14.2 Å². The van der Waals surface area contributed by atoms with E-state index in [1.165, 1.54) is 0 Å². The first kappa shape index (κ1) is 32.9. The summed E-state index contributed by atoms with van der Waals surface area (Å²) in [6, 6.07) is 9.09. The van der Waals surface area contributed by atoms with Crippen molar-refractivity contribution in [2.24, 2.45) is 0 Å². The fourth-order valence-electron chi connectivity index (χ4n) is 4.94. The number of benzene rings is 1. The SMILES string of the molecule is CC/C=C(/C)N(CC)c1ccc(C(O)CN(CCC2CCc3cc(C(=O)OCC)ccc3O2)C(=O)OC(C)(C)C)cn1. The van der Waals surface area contributed by atoms with Gasteiger partial charge >= 0.3 is 12.1 Å². The van der Waals surface area contributed by atoms with E-state index in [9.17, 15) is 14.7 Å². The standard InChI is InChI=1S/C33H47N3O6/c1-8-11-23(4)36(9-2)30-17-14-26(21-34-30)28(37)22-35(32(39)42-33(5,6)7)19-18-27-15-12-24-20-25(31(38)40-10-3)13-16-29(24)41-27/h11,13-14,16-17,20-21,27-28,37H,8-10,12,15,18-19,22H2,1-7H3/b23-11-. The summed E-state index contributed by atoms with van der Waals surface area (Å²) >= 11 is 0. The van der Waals surface area contributed by atoms with Crippen LogP contribution in [0.5, 0.6) is 5.75 Å². The average molecular weight is 582 g/mol. The van der Waals surface area contributed by atoms with Crippen molar-refractivity contribution in [2.45, 2.75) is 92.0 Å². The maximum atomic E-state index is 13.1. The van der Waals surface area contributed by atoms with Crippen LogP contribution in [-0.2, 0) is 15.9 Å². The van der Waals surface area contributed by atoms with Crippen LogP contribution < -0.4 is 9.64 Å². The number of ether oxygens (including phenoxy) is 3. The first-order valence-corrected chi connectivity index (χ1v) is 15.0. The Hall–Kier alpha value is -3.59. The molecule has 1 N–H and O–H groups in total. The lowest BCUT2D eigenvalue weighted by Gasteiger charge is -2.31. The molecule has 1 aromatic heterocycles. The monoisotopic (exact) mass is 581 g/mol. The van der Waals surface area contributed by atoms with Gasteiger partial charge in [0.1, 0.15) is 23.3 Å². The maximum absolute atomic E-state index is 13.1. The van der Waals surface area contributed by atoms with Crippen molar-refractivity contribution in [1.29, 1.82) is 0 Å². The molecule has 0 fully saturated rings. The van der Waals surface area contributed by atoms with E-state index in [1.807, 2.05) is 39.0 Å². The number of hydrogen-bond donors (Lipinski definition) is 1. The number of pyridine rings is 1. The second-order valence-electron chi connectivity index (χ2n) is 11.5. The highest BCUT2D eigenvalue weighted by Gasteiger charge is 2.28. The number of hydrogen-bond acceptors (Lipinski definition) is 8. The number of carbonyl (C=O) groups is 2. The van der Waals surface area contributed by atoms with Gasteiger partial charge in [-0.25, -0.2) is 14.6 Å². The normalized spacial score (nSPS) is 15.7. The van der Waals surface area contributed by atoms with Gasteiger partial charge in [-0.3, -0.25) is 0 Å². The van der Waals surface area contributed by atoms with Crippen LogP contribution in [0.1, 0.15) is 95.3 Å². The third-order valence-corrected chi connectivity index (χ3v) is 7.04. The van der Waals surface area contributed by atoms with Gasteiger partial charge in [-0.05, 0) is 90.6 Å². The zero-order valence-electron chi connectivity index (χ0n) is 26.2. The topological polar surface area (TPSA) is 101 Å². The predicted molar refractivity (Wildman–Crippen MR) is 164 cm³/mol. The summed E-state index contributed by atoms with van der Waals surface area (Å²) in [6.07, 6.45) is 5.29.